The zero-order chi connectivity index (χ0) is 10.1. The van der Waals surface area contributed by atoms with Crippen molar-refractivity contribution in [1.82, 2.24) is 0 Å². The van der Waals surface area contributed by atoms with E-state index in [1.165, 1.54) is 0 Å². The van der Waals surface area contributed by atoms with Crippen molar-refractivity contribution >= 4 is 26.9 Å². The van der Waals surface area contributed by atoms with Gasteiger partial charge in [-0.3, -0.25) is 0 Å². The number of hydrogen-bond acceptors (Lipinski definition) is 2. The molecule has 0 radical (unpaired) electrons. The van der Waals surface area contributed by atoms with Crippen LogP contribution in [0.4, 0.5) is 0 Å². The topological polar surface area (TPSA) is 39.2 Å². The maximum Gasteiger partial charge on any atom is 0.135 e. The molecule has 2 rings (SSSR count). The molecule has 0 aliphatic heterocycles. The van der Waals surface area contributed by atoms with Crippen molar-refractivity contribution in [3.8, 4) is 0 Å². The highest BCUT2D eigenvalue weighted by Crippen LogP contribution is 2.29. The van der Waals surface area contributed by atoms with Gasteiger partial charge in [0, 0.05) is 22.3 Å². The largest absolute Gasteiger partial charge is 0.461 e. The van der Waals surface area contributed by atoms with E-state index in [2.05, 4.69) is 28.9 Å². The van der Waals surface area contributed by atoms with Gasteiger partial charge < -0.3 is 10.2 Å². The summed E-state index contributed by atoms with van der Waals surface area (Å²) >= 11 is 3.49. The van der Waals surface area contributed by atoms with Gasteiger partial charge in [-0.15, -0.1) is 0 Å². The van der Waals surface area contributed by atoms with E-state index in [4.69, 9.17) is 10.2 Å². The molecule has 0 saturated heterocycles. The summed E-state index contributed by atoms with van der Waals surface area (Å²) in [6.07, 6.45) is 0. The van der Waals surface area contributed by atoms with E-state index in [9.17, 15) is 0 Å². The minimum absolute atomic E-state index is 0.272. The van der Waals surface area contributed by atoms with Crippen LogP contribution in [0.2, 0.25) is 0 Å². The molecule has 0 amide bonds. The molecule has 0 fully saturated rings. The van der Waals surface area contributed by atoms with Gasteiger partial charge in [0.25, 0.3) is 0 Å². The predicted octanol–water partition coefficient (Wildman–Crippen LogP) is 3.26. The standard InChI is InChI=1S/C11H12BrNO/c1-7(6-13)11-5-8-9(12)3-2-4-10(8)14-11/h2-5,7H,6,13H2,1H3. The molecule has 0 bridgehead atoms. The molecule has 1 atom stereocenters. The lowest BCUT2D eigenvalue weighted by Gasteiger charge is -2.01. The van der Waals surface area contributed by atoms with Gasteiger partial charge in [-0.05, 0) is 18.2 Å². The third-order valence-corrected chi connectivity index (χ3v) is 3.06. The van der Waals surface area contributed by atoms with Crippen molar-refractivity contribution in [1.29, 1.82) is 0 Å². The van der Waals surface area contributed by atoms with E-state index >= 15 is 0 Å². The SMILES string of the molecule is CC(CN)c1cc2c(Br)cccc2o1. The first-order valence-electron chi connectivity index (χ1n) is 4.60. The van der Waals surface area contributed by atoms with Crippen LogP contribution in [0.25, 0.3) is 11.0 Å². The van der Waals surface area contributed by atoms with Crippen LogP contribution >= 0.6 is 15.9 Å². The number of furan rings is 1. The number of nitrogens with two attached hydrogens (primary N) is 1. The smallest absolute Gasteiger partial charge is 0.135 e. The monoisotopic (exact) mass is 253 g/mol. The first-order valence-corrected chi connectivity index (χ1v) is 5.39. The molecule has 74 valence electrons. The zero-order valence-electron chi connectivity index (χ0n) is 7.96. The fourth-order valence-electron chi connectivity index (χ4n) is 1.40. The summed E-state index contributed by atoms with van der Waals surface area (Å²) < 4.78 is 6.76. The van der Waals surface area contributed by atoms with Crippen molar-refractivity contribution in [2.24, 2.45) is 5.73 Å². The first kappa shape index (κ1) is 9.74. The number of halogens is 1. The van der Waals surface area contributed by atoms with Crippen LogP contribution in [0.1, 0.15) is 18.6 Å². The van der Waals surface area contributed by atoms with Crippen molar-refractivity contribution in [3.63, 3.8) is 0 Å². The number of fused-ring (bicyclic) bond motifs is 1. The van der Waals surface area contributed by atoms with Gasteiger partial charge in [-0.1, -0.05) is 28.9 Å². The van der Waals surface area contributed by atoms with Crippen molar-refractivity contribution in [2.45, 2.75) is 12.8 Å². The summed E-state index contributed by atoms with van der Waals surface area (Å²) in [6.45, 7) is 2.67. The Morgan fingerprint density at radius 3 is 2.93 bits per heavy atom. The Morgan fingerprint density at radius 1 is 1.50 bits per heavy atom. The predicted molar refractivity (Wildman–Crippen MR) is 61.4 cm³/mol. The molecule has 3 heteroatoms. The minimum Gasteiger partial charge on any atom is -0.461 e. The highest BCUT2D eigenvalue weighted by atomic mass is 79.9. The molecule has 2 aromatic rings. The maximum atomic E-state index is 5.69. The number of hydrogen-bond donors (Lipinski definition) is 1. The van der Waals surface area contributed by atoms with Gasteiger partial charge in [0.15, 0.2) is 0 Å². The number of rotatable bonds is 2. The van der Waals surface area contributed by atoms with Crippen LogP contribution in [0, 0.1) is 0 Å². The second kappa shape index (κ2) is 3.75. The Balaban J connectivity index is 2.56. The van der Waals surface area contributed by atoms with Gasteiger partial charge in [0.2, 0.25) is 0 Å². The lowest BCUT2D eigenvalue weighted by molar-refractivity contribution is 0.509. The van der Waals surface area contributed by atoms with Crippen LogP contribution < -0.4 is 5.73 Å². The molecule has 0 aliphatic carbocycles. The lowest BCUT2D eigenvalue weighted by atomic mass is 10.1. The van der Waals surface area contributed by atoms with Crippen LogP contribution in [0.5, 0.6) is 0 Å². The molecule has 2 N–H and O–H groups in total. The highest BCUT2D eigenvalue weighted by molar-refractivity contribution is 9.10. The second-order valence-electron chi connectivity index (χ2n) is 3.44. The van der Waals surface area contributed by atoms with Gasteiger partial charge in [0.1, 0.15) is 11.3 Å². The van der Waals surface area contributed by atoms with Gasteiger partial charge >= 0.3 is 0 Å². The molecule has 1 aromatic heterocycles. The molecule has 0 aliphatic rings. The molecule has 14 heavy (non-hydrogen) atoms. The van der Waals surface area contributed by atoms with Crippen molar-refractivity contribution in [2.75, 3.05) is 6.54 Å². The number of benzene rings is 1. The fourth-order valence-corrected chi connectivity index (χ4v) is 1.87. The van der Waals surface area contributed by atoms with E-state index in [1.807, 2.05) is 18.2 Å². The summed E-state index contributed by atoms with van der Waals surface area (Å²) in [5.74, 6) is 1.23. The van der Waals surface area contributed by atoms with Gasteiger partial charge in [0.05, 0.1) is 0 Å². The second-order valence-corrected chi connectivity index (χ2v) is 4.29. The summed E-state index contributed by atoms with van der Waals surface area (Å²) in [5, 5.41) is 1.11. The molecular formula is C11H12BrNO. The van der Waals surface area contributed by atoms with Gasteiger partial charge in [-0.25, -0.2) is 0 Å². The fraction of sp³-hybridized carbons (Fsp3) is 0.273. The molecule has 2 nitrogen and oxygen atoms in total. The Morgan fingerprint density at radius 2 is 2.29 bits per heavy atom. The summed E-state index contributed by atoms with van der Waals surface area (Å²) in [4.78, 5) is 0. The van der Waals surface area contributed by atoms with Crippen LogP contribution in [0.15, 0.2) is 33.2 Å². The van der Waals surface area contributed by atoms with Crippen LogP contribution in [0.3, 0.4) is 0 Å². The van der Waals surface area contributed by atoms with E-state index in [0.717, 1.165) is 21.2 Å². The van der Waals surface area contributed by atoms with Crippen molar-refractivity contribution < 1.29 is 4.42 Å². The average Bonchev–Trinajstić information content (AvgIpc) is 2.62. The summed E-state index contributed by atoms with van der Waals surface area (Å²) in [5.41, 5.74) is 6.50. The van der Waals surface area contributed by atoms with E-state index in [-0.39, 0.29) is 5.92 Å². The molecule has 1 unspecified atom stereocenters. The highest BCUT2D eigenvalue weighted by Gasteiger charge is 2.10. The molecule has 1 heterocycles. The third-order valence-electron chi connectivity index (χ3n) is 2.37. The van der Waals surface area contributed by atoms with E-state index < -0.39 is 0 Å². The summed E-state index contributed by atoms with van der Waals surface area (Å²) in [6, 6.07) is 7.99. The van der Waals surface area contributed by atoms with Crippen molar-refractivity contribution in [3.05, 3.63) is 34.5 Å². The van der Waals surface area contributed by atoms with E-state index in [0.29, 0.717) is 6.54 Å². The molecule has 0 saturated carbocycles. The lowest BCUT2D eigenvalue weighted by Crippen LogP contribution is -2.07. The van der Waals surface area contributed by atoms with E-state index in [1.54, 1.807) is 0 Å². The summed E-state index contributed by atoms with van der Waals surface area (Å²) in [7, 11) is 0. The Bertz CT molecular complexity index is 449. The Labute approximate surface area is 91.2 Å². The Kier molecular flexibility index (Phi) is 2.61. The average molecular weight is 254 g/mol. The minimum atomic E-state index is 0.272. The zero-order valence-corrected chi connectivity index (χ0v) is 9.54. The first-order chi connectivity index (χ1) is 6.72. The molecular weight excluding hydrogens is 242 g/mol. The Hall–Kier alpha value is -0.800. The quantitative estimate of drug-likeness (QED) is 0.893. The molecule has 1 aromatic carbocycles. The molecule has 0 spiro atoms. The van der Waals surface area contributed by atoms with Gasteiger partial charge in [-0.2, -0.15) is 0 Å². The maximum absolute atomic E-state index is 5.69. The van der Waals surface area contributed by atoms with Crippen LogP contribution in [-0.4, -0.2) is 6.54 Å². The van der Waals surface area contributed by atoms with Crippen LogP contribution in [-0.2, 0) is 0 Å². The normalized spacial score (nSPS) is 13.4. The third kappa shape index (κ3) is 1.57.